The van der Waals surface area contributed by atoms with Crippen LogP contribution in [0.1, 0.15) is 45.0 Å². The number of rotatable bonds is 40. The lowest BCUT2D eigenvalue weighted by molar-refractivity contribution is -0.884. The molecule has 38 heteroatoms. The topological polar surface area (TPSA) is 529 Å². The van der Waals surface area contributed by atoms with Crippen LogP contribution >= 0.6 is 7.82 Å². The number of aromatic amines is 2. The Bertz CT molecular complexity index is 4960. The molecule has 0 aliphatic carbocycles. The molecule has 0 saturated carbocycles. The maximum atomic E-state index is 14.2. The largest absolute Gasteiger partial charge is 0.472 e. The van der Waals surface area contributed by atoms with Crippen molar-refractivity contribution in [2.24, 2.45) is 17.8 Å². The number of nitrogens with zero attached hydrogens (tertiary/aromatic N) is 5. The number of aliphatic hydroxyl groups excluding tert-OH is 16. The number of aliphatic hydroxyl groups is 16. The zero-order chi connectivity index (χ0) is 94.1. The normalized spacial score (nSPS) is 27.9. The van der Waals surface area contributed by atoms with Gasteiger partial charge < -0.3 is 157 Å². The molecule has 716 valence electrons. The predicted octanol–water partition coefficient (Wildman–Crippen LogP) is 1.72. The number of hydrogen-bond donors (Lipinski definition) is 19. The number of ether oxygens (including phenoxy) is 10. The summed E-state index contributed by atoms with van der Waals surface area (Å²) in [5, 5.41) is 171. The van der Waals surface area contributed by atoms with E-state index in [0.717, 1.165) is 122 Å². The van der Waals surface area contributed by atoms with Gasteiger partial charge in [0.25, 0.3) is 0 Å². The highest BCUT2D eigenvalue weighted by Crippen LogP contribution is 2.46. The molecule has 6 aliphatic rings. The van der Waals surface area contributed by atoms with Crippen molar-refractivity contribution in [1.29, 1.82) is 0 Å². The third kappa shape index (κ3) is 25.2. The van der Waals surface area contributed by atoms with Gasteiger partial charge in [-0.3, -0.25) is 9.05 Å². The van der Waals surface area contributed by atoms with Crippen LogP contribution in [0, 0.1) is 17.8 Å². The van der Waals surface area contributed by atoms with Gasteiger partial charge in [0.05, 0.1) is 179 Å². The van der Waals surface area contributed by atoms with Gasteiger partial charge in [-0.15, -0.1) is 0 Å². The van der Waals surface area contributed by atoms with Crippen LogP contribution in [-0.2, 0) is 87.2 Å². The molecule has 4 saturated heterocycles. The minimum Gasteiger partial charge on any atom is -0.394 e. The molecule has 0 radical (unpaired) electrons. The summed E-state index contributed by atoms with van der Waals surface area (Å²) in [6.07, 6.45) is -29.0. The van der Waals surface area contributed by atoms with E-state index in [1.54, 1.807) is 0 Å². The van der Waals surface area contributed by atoms with Crippen LogP contribution in [0.2, 0.25) is 0 Å². The van der Waals surface area contributed by atoms with E-state index in [4.69, 9.17) is 66.4 Å². The second-order valence-corrected chi connectivity index (χ2v) is 38.7. The second kappa shape index (κ2) is 44.1. The molecule has 3 aromatic heterocycles. The maximum Gasteiger partial charge on any atom is 0.472 e. The summed E-state index contributed by atoms with van der Waals surface area (Å²) in [6, 6.07) is 42.6. The summed E-state index contributed by atoms with van der Waals surface area (Å²) in [4.78, 5) is 30.4. The minimum absolute atomic E-state index is 0.0372. The van der Waals surface area contributed by atoms with Gasteiger partial charge in [-0.05, 0) is 82.3 Å². The number of fused-ring (bicyclic) bond motifs is 8. The highest BCUT2D eigenvalue weighted by atomic mass is 31.2. The Morgan fingerprint density at radius 1 is 0.336 bits per heavy atom. The number of quaternary nitrogens is 3. The Hall–Kier alpha value is -7.57. The zero-order valence-electron chi connectivity index (χ0n) is 74.7. The van der Waals surface area contributed by atoms with Crippen molar-refractivity contribution in [3.05, 3.63) is 166 Å². The van der Waals surface area contributed by atoms with Crippen molar-refractivity contribution in [3.8, 4) is 44.5 Å². The molecule has 13 rings (SSSR count). The van der Waals surface area contributed by atoms with Crippen LogP contribution in [-0.4, -0.2) is 392 Å². The molecule has 19 N–H and O–H groups in total. The summed E-state index contributed by atoms with van der Waals surface area (Å²) >= 11 is 0. The average molecular weight is 1850 g/mol. The summed E-state index contributed by atoms with van der Waals surface area (Å²) in [5.41, 5.74) is 18.2. The van der Waals surface area contributed by atoms with Gasteiger partial charge >= 0.3 is 7.82 Å². The van der Waals surface area contributed by atoms with Gasteiger partial charge in [-0.25, -0.2) is 14.5 Å². The zero-order valence-corrected chi connectivity index (χ0v) is 75.6. The monoisotopic (exact) mass is 1850 g/mol. The van der Waals surface area contributed by atoms with Gasteiger partial charge in [0.1, 0.15) is 117 Å². The van der Waals surface area contributed by atoms with Gasteiger partial charge in [0.2, 0.25) is 0 Å². The quantitative estimate of drug-likeness (QED) is 0.0148. The van der Waals surface area contributed by atoms with Gasteiger partial charge in [0, 0.05) is 72.8 Å². The van der Waals surface area contributed by atoms with Crippen molar-refractivity contribution < 1.29 is 161 Å². The third-order valence-electron chi connectivity index (χ3n) is 23.8. The first-order valence-corrected chi connectivity index (χ1v) is 45.2. The molecule has 21 unspecified atom stereocenters. The van der Waals surface area contributed by atoms with Gasteiger partial charge in [-0.1, -0.05) is 97.1 Å². The van der Waals surface area contributed by atoms with Crippen LogP contribution in [0.3, 0.4) is 0 Å². The van der Waals surface area contributed by atoms with E-state index in [-0.39, 0.29) is 26.4 Å². The summed E-state index contributed by atoms with van der Waals surface area (Å²) in [6.45, 7) is -6.12. The predicted molar refractivity (Wildman–Crippen MR) is 477 cm³/mol. The fourth-order valence-corrected chi connectivity index (χ4v) is 17.7. The Kier molecular flexibility index (Phi) is 33.9. The number of hydrogen-bond acceptors (Lipinski definition) is 31. The first-order valence-electron chi connectivity index (χ1n) is 43.7. The summed E-state index contributed by atoms with van der Waals surface area (Å²) < 4.78 is 86.1. The maximum absolute atomic E-state index is 14.2. The van der Waals surface area contributed by atoms with E-state index in [1.807, 2.05) is 24.3 Å². The molecular weight excluding hydrogens is 1730 g/mol. The fourth-order valence-electron chi connectivity index (χ4n) is 16.9. The van der Waals surface area contributed by atoms with Crippen molar-refractivity contribution >= 4 is 54.2 Å². The summed E-state index contributed by atoms with van der Waals surface area (Å²) in [5.74, 6) is -4.53. The van der Waals surface area contributed by atoms with E-state index < -0.39 is 214 Å². The minimum atomic E-state index is -5.30. The van der Waals surface area contributed by atoms with Gasteiger partial charge in [-0.2, -0.15) is 0 Å². The summed E-state index contributed by atoms with van der Waals surface area (Å²) in [7, 11) is 14.3. The lowest BCUT2D eigenvalue weighted by Gasteiger charge is -2.43. The Morgan fingerprint density at radius 3 is 0.863 bits per heavy atom. The van der Waals surface area contributed by atoms with E-state index >= 15 is 0 Å². The SMILES string of the molecule is C[N+](C)(C)Cc1ccc(-c2c3nc(c(-c4ccc(C[N+](C)(C)C)cc4)c4ccc([nH]4)c(-c4ccc(C[N+](C)(C)C)cc4)c4nc(c(-c5ccc(COCCOCCOP(=O)(O)OCC(C(COC6OC(CO)C(O)C(O)C6O)COC6OC(CO)C(O)C(O)C6O)C(COC6OC(CO)C(O)C(O)C6O)COC6OC(CO)C(O)C(O)C6O)cc5)c5ccc2[nH]5)C=C4)C=C3)cc1. The Balaban J connectivity index is 0.757. The molecule has 4 fully saturated rings. The van der Waals surface area contributed by atoms with Crippen LogP contribution in [0.4, 0.5) is 0 Å². The lowest BCUT2D eigenvalue weighted by atomic mass is 9.83. The van der Waals surface area contributed by atoms with E-state index in [2.05, 4.69) is 195 Å². The molecule has 6 aliphatic heterocycles. The highest BCUT2D eigenvalue weighted by molar-refractivity contribution is 7.47. The number of phosphoric ester groups is 1. The van der Waals surface area contributed by atoms with E-state index in [9.17, 15) is 91.2 Å². The number of benzene rings is 4. The standard InChI is InChI=1S/C93H126N7O30P/c1-98(2,3)38-51-10-18-55(19-11-51)74-62-26-28-64(94-62)75(56-20-12-52(13-21-56)39-99(4,5)6)66-30-32-68(96-66)77(69-33-31-67(97-69)76(65-29-27-63(74)95-65)57-22-14-53(15-23-57)40-100(7,8)9)58-24-16-54(17-25-58)45-120-35-34-119-36-37-125-131(117,118)126-50-61(59(46-121-90-86(113)82(109)78(105)70(41-101)127-90)47-122-91-87(114)83(110)79(106)71(42-102)128-91)60(48-123-92-88(115)84(111)80(107)72(43-103)129-92)49-124-93-89(116)85(112)81(108)73(44-104)130-93/h10-33,59-61,70-73,78-94,97,101-116H,34-50H2,1-9H3/q+2/p+1. The molecule has 37 nitrogen and oxygen atoms in total. The number of H-pyrrole nitrogens is 2. The lowest BCUT2D eigenvalue weighted by Crippen LogP contribution is -2.60. The highest BCUT2D eigenvalue weighted by Gasteiger charge is 2.50. The van der Waals surface area contributed by atoms with E-state index in [1.165, 1.54) is 16.7 Å². The van der Waals surface area contributed by atoms with E-state index in [0.29, 0.717) is 5.69 Å². The van der Waals surface area contributed by atoms with Crippen LogP contribution in [0.5, 0.6) is 0 Å². The Morgan fingerprint density at radius 2 is 0.595 bits per heavy atom. The molecule has 131 heavy (non-hydrogen) atoms. The van der Waals surface area contributed by atoms with Crippen LogP contribution in [0.25, 0.3) is 90.9 Å². The molecule has 0 spiro atoms. The van der Waals surface area contributed by atoms with Gasteiger partial charge in [0.15, 0.2) is 25.2 Å². The molecular formula is C93H127N7O30P+3. The smallest absolute Gasteiger partial charge is 0.394 e. The Labute approximate surface area is 758 Å². The second-order valence-electron chi connectivity index (χ2n) is 37.2. The molecule has 7 aromatic rings. The fraction of sp³-hybridized carbons (Fsp3) is 0.527. The molecule has 21 atom stereocenters. The van der Waals surface area contributed by atoms with Crippen molar-refractivity contribution in [3.63, 3.8) is 0 Å². The van der Waals surface area contributed by atoms with Crippen molar-refractivity contribution in [2.45, 2.75) is 149 Å². The number of aromatic nitrogens is 4. The molecule has 0 amide bonds. The third-order valence-corrected chi connectivity index (χ3v) is 24.7. The van der Waals surface area contributed by atoms with Crippen LogP contribution < -0.4 is 0 Å². The first kappa shape index (κ1) is 101. The number of nitrogens with one attached hydrogen (secondary N) is 2. The molecule has 9 heterocycles. The number of phosphoric acid groups is 1. The van der Waals surface area contributed by atoms with Crippen molar-refractivity contribution in [2.75, 3.05) is 149 Å². The van der Waals surface area contributed by atoms with Crippen molar-refractivity contribution in [1.82, 2.24) is 19.9 Å². The first-order chi connectivity index (χ1) is 62.3. The molecule has 8 bridgehead atoms. The molecule has 4 aromatic carbocycles. The average Bonchev–Trinajstić information content (AvgIpc) is 1.61. The van der Waals surface area contributed by atoms with Crippen LogP contribution in [0.15, 0.2) is 121 Å².